The number of carbonyl (C=O) groups excluding carboxylic acids is 1. The quantitative estimate of drug-likeness (QED) is 0.831. The van der Waals surface area contributed by atoms with Crippen molar-refractivity contribution in [1.29, 1.82) is 0 Å². The van der Waals surface area contributed by atoms with Crippen LogP contribution in [0.2, 0.25) is 5.02 Å². The van der Waals surface area contributed by atoms with Gasteiger partial charge in [0.2, 0.25) is 0 Å². The predicted octanol–water partition coefficient (Wildman–Crippen LogP) is 4.95. The van der Waals surface area contributed by atoms with E-state index in [4.69, 9.17) is 16.7 Å². The summed E-state index contributed by atoms with van der Waals surface area (Å²) >= 11 is 6.05. The van der Waals surface area contributed by atoms with Gasteiger partial charge in [0.15, 0.2) is 5.69 Å². The van der Waals surface area contributed by atoms with Crippen molar-refractivity contribution in [3.05, 3.63) is 46.2 Å². The molecular formula is C21H24ClN3O. The summed E-state index contributed by atoms with van der Waals surface area (Å²) in [7, 11) is 0. The summed E-state index contributed by atoms with van der Waals surface area (Å²) in [6, 6.07) is 8.07. The molecule has 2 aromatic rings. The van der Waals surface area contributed by atoms with Crippen LogP contribution in [0.1, 0.15) is 84.9 Å². The van der Waals surface area contributed by atoms with Crippen LogP contribution in [0.15, 0.2) is 24.3 Å². The molecule has 0 unspecified atom stereocenters. The molecule has 1 aromatic heterocycles. The van der Waals surface area contributed by atoms with Crippen molar-refractivity contribution in [1.82, 2.24) is 15.1 Å². The molecule has 1 heterocycles. The summed E-state index contributed by atoms with van der Waals surface area (Å²) in [6.07, 6.45) is 9.48. The van der Waals surface area contributed by atoms with Crippen LogP contribution >= 0.6 is 11.6 Å². The van der Waals surface area contributed by atoms with Gasteiger partial charge in [-0.25, -0.2) is 4.68 Å². The van der Waals surface area contributed by atoms with Gasteiger partial charge in [0.1, 0.15) is 0 Å². The minimum atomic E-state index is 0.0217. The van der Waals surface area contributed by atoms with E-state index >= 15 is 0 Å². The third-order valence-electron chi connectivity index (χ3n) is 6.41. The van der Waals surface area contributed by atoms with Crippen LogP contribution in [0.3, 0.4) is 0 Å². The second kappa shape index (κ2) is 6.41. The fraction of sp³-hybridized carbons (Fsp3) is 0.524. The Labute approximate surface area is 158 Å². The lowest BCUT2D eigenvalue weighted by atomic mass is 9.93. The molecule has 5 heteroatoms. The third-order valence-corrected chi connectivity index (χ3v) is 6.67. The second-order valence-corrected chi connectivity index (χ2v) is 8.49. The van der Waals surface area contributed by atoms with Crippen LogP contribution in [-0.2, 0) is 0 Å². The smallest absolute Gasteiger partial charge is 0.272 e. The van der Waals surface area contributed by atoms with Crippen LogP contribution in [0.5, 0.6) is 0 Å². The fourth-order valence-electron chi connectivity index (χ4n) is 5.18. The number of aromatic nitrogens is 2. The lowest BCUT2D eigenvalue weighted by Crippen LogP contribution is -2.36. The van der Waals surface area contributed by atoms with Gasteiger partial charge in [-0.15, -0.1) is 0 Å². The Morgan fingerprint density at radius 3 is 2.54 bits per heavy atom. The molecule has 0 spiro atoms. The maximum Gasteiger partial charge on any atom is 0.272 e. The van der Waals surface area contributed by atoms with Crippen molar-refractivity contribution in [2.45, 2.75) is 69.2 Å². The van der Waals surface area contributed by atoms with Gasteiger partial charge in [-0.2, -0.15) is 5.10 Å². The number of hydrogen-bond acceptors (Lipinski definition) is 2. The number of carbonyl (C=O) groups is 1. The predicted molar refractivity (Wildman–Crippen MR) is 102 cm³/mol. The topological polar surface area (TPSA) is 46.9 Å². The second-order valence-electron chi connectivity index (χ2n) is 8.05. The zero-order valence-electron chi connectivity index (χ0n) is 14.9. The number of nitrogens with zero attached hydrogens (tertiary/aromatic N) is 2. The highest BCUT2D eigenvalue weighted by Crippen LogP contribution is 2.54. The number of amides is 1. The first kappa shape index (κ1) is 16.4. The molecule has 0 aliphatic heterocycles. The van der Waals surface area contributed by atoms with Gasteiger partial charge >= 0.3 is 0 Å². The van der Waals surface area contributed by atoms with Gasteiger partial charge in [-0.05, 0) is 62.3 Å². The van der Waals surface area contributed by atoms with E-state index in [1.807, 2.05) is 28.9 Å². The molecule has 26 heavy (non-hydrogen) atoms. The molecule has 0 radical (unpaired) electrons. The number of nitrogens with one attached hydrogen (secondary N) is 1. The van der Waals surface area contributed by atoms with Crippen LogP contribution < -0.4 is 5.32 Å². The summed E-state index contributed by atoms with van der Waals surface area (Å²) in [5.41, 5.74) is 4.13. The molecular weight excluding hydrogens is 346 g/mol. The average molecular weight is 370 g/mol. The van der Waals surface area contributed by atoms with Crippen molar-refractivity contribution in [2.24, 2.45) is 0 Å². The molecule has 0 saturated heterocycles. The van der Waals surface area contributed by atoms with E-state index in [0.29, 0.717) is 28.6 Å². The van der Waals surface area contributed by atoms with E-state index in [-0.39, 0.29) is 5.91 Å². The van der Waals surface area contributed by atoms with Crippen molar-refractivity contribution in [3.8, 4) is 5.69 Å². The Hall–Kier alpha value is -1.81. The first-order valence-corrected chi connectivity index (χ1v) is 10.3. The molecule has 1 amide bonds. The van der Waals surface area contributed by atoms with Crippen LogP contribution in [0.4, 0.5) is 0 Å². The number of halogens is 1. The normalized spacial score (nSPS) is 24.7. The molecule has 4 nitrogen and oxygen atoms in total. The number of fused-ring (bicyclic) bond motifs is 5. The first-order valence-electron chi connectivity index (χ1n) is 9.90. The summed E-state index contributed by atoms with van der Waals surface area (Å²) in [6.45, 7) is 0. The largest absolute Gasteiger partial charge is 0.348 e. The van der Waals surface area contributed by atoms with Gasteiger partial charge in [0, 0.05) is 22.5 Å². The Morgan fingerprint density at radius 2 is 1.77 bits per heavy atom. The maximum atomic E-state index is 13.0. The number of rotatable bonds is 3. The van der Waals surface area contributed by atoms with E-state index in [9.17, 15) is 4.79 Å². The van der Waals surface area contributed by atoms with Gasteiger partial charge in [0.25, 0.3) is 5.91 Å². The van der Waals surface area contributed by atoms with Crippen molar-refractivity contribution in [2.75, 3.05) is 0 Å². The van der Waals surface area contributed by atoms with Crippen molar-refractivity contribution < 1.29 is 4.79 Å². The van der Waals surface area contributed by atoms with Gasteiger partial charge in [0.05, 0.1) is 11.4 Å². The molecule has 136 valence electrons. The SMILES string of the molecule is O=C(NC1CCCCC1)c1nn(-c2ccc(Cl)cc2)c2c1[C@H]1CC[C@H]2C1. The molecule has 3 aliphatic carbocycles. The highest BCUT2D eigenvalue weighted by atomic mass is 35.5. The standard InChI is InChI=1S/C21H24ClN3O/c22-15-8-10-17(11-9-15)25-20-14-7-6-13(12-14)18(20)19(24-25)21(26)23-16-4-2-1-3-5-16/h8-11,13-14,16H,1-7,12H2,(H,23,26)/t13-,14-/m0/s1. The molecule has 1 aromatic carbocycles. The Morgan fingerprint density at radius 1 is 1.04 bits per heavy atom. The summed E-state index contributed by atoms with van der Waals surface area (Å²) in [4.78, 5) is 13.0. The van der Waals surface area contributed by atoms with Crippen LogP contribution in [0, 0.1) is 0 Å². The molecule has 2 bridgehead atoms. The number of hydrogen-bond donors (Lipinski definition) is 1. The zero-order valence-corrected chi connectivity index (χ0v) is 15.6. The number of benzene rings is 1. The molecule has 1 N–H and O–H groups in total. The van der Waals surface area contributed by atoms with Crippen LogP contribution in [-0.4, -0.2) is 21.7 Å². The summed E-state index contributed by atoms with van der Waals surface area (Å²) < 4.78 is 2.01. The highest BCUT2D eigenvalue weighted by Gasteiger charge is 2.44. The maximum absolute atomic E-state index is 13.0. The first-order chi connectivity index (χ1) is 12.7. The highest BCUT2D eigenvalue weighted by molar-refractivity contribution is 6.30. The minimum Gasteiger partial charge on any atom is -0.348 e. The third kappa shape index (κ3) is 2.66. The fourth-order valence-corrected chi connectivity index (χ4v) is 5.30. The van der Waals surface area contributed by atoms with E-state index in [0.717, 1.165) is 18.5 Å². The van der Waals surface area contributed by atoms with E-state index in [1.165, 1.54) is 49.8 Å². The Kier molecular flexibility index (Phi) is 4.04. The van der Waals surface area contributed by atoms with E-state index < -0.39 is 0 Å². The monoisotopic (exact) mass is 369 g/mol. The Balaban J connectivity index is 1.52. The van der Waals surface area contributed by atoms with Crippen molar-refractivity contribution >= 4 is 17.5 Å². The molecule has 3 aliphatic rings. The minimum absolute atomic E-state index is 0.0217. The van der Waals surface area contributed by atoms with E-state index in [2.05, 4.69) is 5.32 Å². The summed E-state index contributed by atoms with van der Waals surface area (Å²) in [5, 5.41) is 8.78. The molecule has 2 atom stereocenters. The molecule has 2 saturated carbocycles. The van der Waals surface area contributed by atoms with Crippen LogP contribution in [0.25, 0.3) is 5.69 Å². The molecule has 2 fully saturated rings. The van der Waals surface area contributed by atoms with Gasteiger partial charge in [-0.3, -0.25) is 4.79 Å². The Bertz CT molecular complexity index is 836. The van der Waals surface area contributed by atoms with Gasteiger partial charge < -0.3 is 5.32 Å². The van der Waals surface area contributed by atoms with E-state index in [1.54, 1.807) is 0 Å². The van der Waals surface area contributed by atoms with Crippen molar-refractivity contribution in [3.63, 3.8) is 0 Å². The summed E-state index contributed by atoms with van der Waals surface area (Å²) in [5.74, 6) is 1.06. The lowest BCUT2D eigenvalue weighted by Gasteiger charge is -2.22. The lowest BCUT2D eigenvalue weighted by molar-refractivity contribution is 0.0921. The average Bonchev–Trinajstić information content (AvgIpc) is 3.36. The zero-order chi connectivity index (χ0) is 17.7. The van der Waals surface area contributed by atoms with Gasteiger partial charge in [-0.1, -0.05) is 30.9 Å². The molecule has 5 rings (SSSR count).